The molecular weight excluding hydrogens is 236 g/mol. The lowest BCUT2D eigenvalue weighted by Gasteiger charge is -1.99. The van der Waals surface area contributed by atoms with Crippen LogP contribution in [0.2, 0.25) is 0 Å². The van der Waals surface area contributed by atoms with Gasteiger partial charge < -0.3 is 0 Å². The van der Waals surface area contributed by atoms with E-state index in [1.54, 1.807) is 11.3 Å². The molecule has 6 heteroatoms. The Morgan fingerprint density at radius 3 is 3.00 bits per heavy atom. The van der Waals surface area contributed by atoms with Crippen LogP contribution in [0.3, 0.4) is 0 Å². The molecule has 0 aliphatic rings. The first-order chi connectivity index (χ1) is 8.27. The van der Waals surface area contributed by atoms with Gasteiger partial charge in [0, 0.05) is 17.3 Å². The zero-order valence-electron chi connectivity index (χ0n) is 9.12. The summed E-state index contributed by atoms with van der Waals surface area (Å²) in [4.78, 5) is 20.3. The quantitative estimate of drug-likeness (QED) is 0.662. The molecule has 0 unspecified atom stereocenters. The third kappa shape index (κ3) is 2.94. The maximum absolute atomic E-state index is 11.6. The molecule has 0 saturated carbocycles. The molecule has 0 saturated heterocycles. The average Bonchev–Trinajstić information content (AvgIpc) is 2.90. The molecule has 2 heterocycles. The van der Waals surface area contributed by atoms with Crippen molar-refractivity contribution in [1.29, 1.82) is 0 Å². The first-order valence-electron chi connectivity index (χ1n) is 4.92. The number of carbonyl (C=O) groups is 1. The Kier molecular flexibility index (Phi) is 3.56. The number of rotatable bonds is 3. The van der Waals surface area contributed by atoms with Crippen molar-refractivity contribution < 1.29 is 4.79 Å². The fraction of sp³-hybridized carbons (Fsp3) is 0.0909. The Hall–Kier alpha value is -2.08. The van der Waals surface area contributed by atoms with Crippen molar-refractivity contribution in [2.75, 3.05) is 0 Å². The van der Waals surface area contributed by atoms with Gasteiger partial charge in [-0.05, 0) is 18.4 Å². The van der Waals surface area contributed by atoms with Crippen molar-refractivity contribution >= 4 is 23.0 Å². The number of carbonyl (C=O) groups excluding carboxylic acids is 1. The van der Waals surface area contributed by atoms with Crippen LogP contribution in [0.4, 0.5) is 0 Å². The van der Waals surface area contributed by atoms with E-state index in [4.69, 9.17) is 0 Å². The largest absolute Gasteiger partial charge is 0.291 e. The molecule has 2 aromatic rings. The second-order valence-electron chi connectivity index (χ2n) is 3.21. The highest BCUT2D eigenvalue weighted by atomic mass is 32.1. The van der Waals surface area contributed by atoms with E-state index in [1.807, 2.05) is 24.4 Å². The van der Waals surface area contributed by atoms with Crippen molar-refractivity contribution in [3.8, 4) is 0 Å². The lowest BCUT2D eigenvalue weighted by Crippen LogP contribution is -2.20. The highest BCUT2D eigenvalue weighted by Crippen LogP contribution is 2.09. The minimum Gasteiger partial charge on any atom is -0.265 e. The molecule has 0 fully saturated rings. The molecule has 0 aliphatic heterocycles. The van der Waals surface area contributed by atoms with Gasteiger partial charge in [0.1, 0.15) is 5.69 Å². The lowest BCUT2D eigenvalue weighted by atomic mass is 10.3. The summed E-state index contributed by atoms with van der Waals surface area (Å²) in [6.45, 7) is 1.84. The summed E-state index contributed by atoms with van der Waals surface area (Å²) in [5, 5.41) is 5.96. The van der Waals surface area contributed by atoms with Crippen LogP contribution in [0.1, 0.15) is 22.3 Å². The third-order valence-electron chi connectivity index (χ3n) is 2.00. The molecule has 1 N–H and O–H groups in total. The topological polar surface area (TPSA) is 67.2 Å². The Labute approximate surface area is 102 Å². The zero-order chi connectivity index (χ0) is 12.1. The van der Waals surface area contributed by atoms with E-state index in [2.05, 4.69) is 20.5 Å². The van der Waals surface area contributed by atoms with Crippen molar-refractivity contribution in [2.24, 2.45) is 5.10 Å². The molecule has 2 aromatic heterocycles. The van der Waals surface area contributed by atoms with Gasteiger partial charge in [0.15, 0.2) is 0 Å². The van der Waals surface area contributed by atoms with Crippen LogP contribution in [0.15, 0.2) is 41.2 Å². The fourth-order valence-corrected chi connectivity index (χ4v) is 1.82. The first-order valence-corrected chi connectivity index (χ1v) is 5.80. The molecule has 0 radical (unpaired) electrons. The lowest BCUT2D eigenvalue weighted by molar-refractivity contribution is 0.0949. The zero-order valence-corrected chi connectivity index (χ0v) is 9.94. The molecule has 1 amide bonds. The predicted molar refractivity (Wildman–Crippen MR) is 66.0 cm³/mol. The molecule has 0 bridgehead atoms. The van der Waals surface area contributed by atoms with Crippen LogP contribution in [-0.2, 0) is 0 Å². The molecule has 0 spiro atoms. The second-order valence-corrected chi connectivity index (χ2v) is 4.15. The molecule has 0 aromatic carbocycles. The fourth-order valence-electron chi connectivity index (χ4n) is 1.15. The van der Waals surface area contributed by atoms with Crippen molar-refractivity contribution in [2.45, 2.75) is 6.92 Å². The van der Waals surface area contributed by atoms with E-state index in [0.29, 0.717) is 0 Å². The Morgan fingerprint density at radius 1 is 1.47 bits per heavy atom. The highest BCUT2D eigenvalue weighted by molar-refractivity contribution is 7.12. The van der Waals surface area contributed by atoms with Crippen LogP contribution in [0.25, 0.3) is 0 Å². The number of hydrogen-bond acceptors (Lipinski definition) is 5. The Balaban J connectivity index is 2.04. The number of amides is 1. The number of hydrogen-bond donors (Lipinski definition) is 1. The van der Waals surface area contributed by atoms with Gasteiger partial charge in [-0.2, -0.15) is 5.10 Å². The van der Waals surface area contributed by atoms with Crippen molar-refractivity contribution in [3.63, 3.8) is 0 Å². The van der Waals surface area contributed by atoms with Gasteiger partial charge in [-0.25, -0.2) is 10.4 Å². The van der Waals surface area contributed by atoms with Crippen LogP contribution in [0.5, 0.6) is 0 Å². The molecule has 0 atom stereocenters. The molecule has 2 rings (SSSR count). The molecule has 5 nitrogen and oxygen atoms in total. The van der Waals surface area contributed by atoms with Crippen molar-refractivity contribution in [3.05, 3.63) is 46.7 Å². The molecule has 86 valence electrons. The van der Waals surface area contributed by atoms with Crippen LogP contribution in [0, 0.1) is 0 Å². The van der Waals surface area contributed by atoms with E-state index in [1.165, 1.54) is 18.6 Å². The Bertz CT molecular complexity index is 522. The van der Waals surface area contributed by atoms with Crippen molar-refractivity contribution in [1.82, 2.24) is 15.4 Å². The van der Waals surface area contributed by atoms with Gasteiger partial charge in [-0.1, -0.05) is 6.07 Å². The normalized spacial score (nSPS) is 11.2. The summed E-state index contributed by atoms with van der Waals surface area (Å²) in [5.74, 6) is -0.367. The maximum atomic E-state index is 11.6. The number of nitrogens with one attached hydrogen (secondary N) is 1. The monoisotopic (exact) mass is 246 g/mol. The second kappa shape index (κ2) is 5.31. The summed E-state index contributed by atoms with van der Waals surface area (Å²) in [6, 6.07) is 3.88. The summed E-state index contributed by atoms with van der Waals surface area (Å²) in [6.07, 6.45) is 4.37. The minimum atomic E-state index is -0.367. The van der Waals surface area contributed by atoms with Gasteiger partial charge in [0.2, 0.25) is 0 Å². The van der Waals surface area contributed by atoms with Crippen LogP contribution >= 0.6 is 11.3 Å². The van der Waals surface area contributed by atoms with Gasteiger partial charge >= 0.3 is 0 Å². The third-order valence-corrected chi connectivity index (χ3v) is 2.98. The summed E-state index contributed by atoms with van der Waals surface area (Å²) in [5.41, 5.74) is 3.45. The van der Waals surface area contributed by atoms with E-state index in [-0.39, 0.29) is 11.6 Å². The average molecular weight is 246 g/mol. The van der Waals surface area contributed by atoms with Crippen LogP contribution < -0.4 is 5.43 Å². The molecule has 0 aliphatic carbocycles. The van der Waals surface area contributed by atoms with E-state index in [9.17, 15) is 4.79 Å². The van der Waals surface area contributed by atoms with Gasteiger partial charge in [-0.3, -0.25) is 9.78 Å². The van der Waals surface area contributed by atoms with Gasteiger partial charge in [0.05, 0.1) is 11.9 Å². The maximum Gasteiger partial charge on any atom is 0.291 e. The number of thiophene rings is 1. The first kappa shape index (κ1) is 11.4. The van der Waals surface area contributed by atoms with Gasteiger partial charge in [0.25, 0.3) is 5.91 Å². The highest BCUT2D eigenvalue weighted by Gasteiger charge is 2.05. The van der Waals surface area contributed by atoms with E-state index in [0.717, 1.165) is 10.6 Å². The summed E-state index contributed by atoms with van der Waals surface area (Å²) < 4.78 is 0. The SMILES string of the molecule is CC(=NNC(=O)c1cnccn1)c1cccs1. The molecule has 17 heavy (non-hydrogen) atoms. The predicted octanol–water partition coefficient (Wildman–Crippen LogP) is 1.69. The van der Waals surface area contributed by atoms with E-state index >= 15 is 0 Å². The van der Waals surface area contributed by atoms with E-state index < -0.39 is 0 Å². The number of nitrogens with zero attached hydrogens (tertiary/aromatic N) is 3. The number of aromatic nitrogens is 2. The Morgan fingerprint density at radius 2 is 2.35 bits per heavy atom. The summed E-state index contributed by atoms with van der Waals surface area (Å²) in [7, 11) is 0. The van der Waals surface area contributed by atoms with Gasteiger partial charge in [-0.15, -0.1) is 11.3 Å². The van der Waals surface area contributed by atoms with Crippen LogP contribution in [-0.4, -0.2) is 21.6 Å². The molecular formula is C11H10N4OS. The summed E-state index contributed by atoms with van der Waals surface area (Å²) >= 11 is 1.57. The smallest absolute Gasteiger partial charge is 0.265 e. The number of hydrazone groups is 1. The standard InChI is InChI=1S/C11H10N4OS/c1-8(10-3-2-6-17-10)14-15-11(16)9-7-12-4-5-13-9/h2-7H,1H3,(H,15,16). The minimum absolute atomic E-state index is 0.246.